The van der Waals surface area contributed by atoms with Crippen LogP contribution in [0, 0.1) is 5.82 Å². The lowest BCUT2D eigenvalue weighted by atomic mass is 10.0. The first kappa shape index (κ1) is 21.8. The van der Waals surface area contributed by atoms with Gasteiger partial charge in [0.25, 0.3) is 5.91 Å². The summed E-state index contributed by atoms with van der Waals surface area (Å²) in [6.07, 6.45) is 4.25. The van der Waals surface area contributed by atoms with Crippen molar-refractivity contribution in [2.45, 2.75) is 19.4 Å². The Balaban J connectivity index is 1.95. The highest BCUT2D eigenvalue weighted by Crippen LogP contribution is 2.37. The largest absolute Gasteiger partial charge is 0.493 e. The molecule has 1 atom stereocenters. The van der Waals surface area contributed by atoms with Gasteiger partial charge in [-0.25, -0.2) is 9.37 Å². The van der Waals surface area contributed by atoms with Crippen molar-refractivity contribution in [3.63, 3.8) is 0 Å². The third-order valence-electron chi connectivity index (χ3n) is 4.52. The predicted molar refractivity (Wildman–Crippen MR) is 115 cm³/mol. The van der Waals surface area contributed by atoms with Crippen molar-refractivity contribution < 1.29 is 18.7 Å². The fraction of sp³-hybridized carbons (Fsp3) is 0.273. The molecule has 0 aliphatic heterocycles. The van der Waals surface area contributed by atoms with Crippen LogP contribution in [0.25, 0.3) is 0 Å². The van der Waals surface area contributed by atoms with Crippen molar-refractivity contribution >= 4 is 21.8 Å². The SMILES string of the molecule is CCCOc1c(Br)cc(C(=O)NC(c2cccc(F)c2)c2nccn2C)cc1OC. The molecule has 2 aromatic carbocycles. The van der Waals surface area contributed by atoms with E-state index in [-0.39, 0.29) is 11.7 Å². The molecule has 1 amide bonds. The van der Waals surface area contributed by atoms with E-state index in [0.29, 0.717) is 39.5 Å². The van der Waals surface area contributed by atoms with Gasteiger partial charge in [0.1, 0.15) is 17.7 Å². The number of nitrogens with one attached hydrogen (secondary N) is 1. The first-order valence-electron chi connectivity index (χ1n) is 9.48. The lowest BCUT2D eigenvalue weighted by molar-refractivity contribution is 0.0940. The third kappa shape index (κ3) is 4.81. The van der Waals surface area contributed by atoms with Gasteiger partial charge in [-0.1, -0.05) is 19.1 Å². The molecule has 30 heavy (non-hydrogen) atoms. The maximum absolute atomic E-state index is 13.9. The number of carbonyl (C=O) groups is 1. The second-order valence-corrected chi connectivity index (χ2v) is 7.55. The molecule has 158 valence electrons. The zero-order valence-corrected chi connectivity index (χ0v) is 18.6. The van der Waals surface area contributed by atoms with Crippen LogP contribution in [-0.4, -0.2) is 29.2 Å². The van der Waals surface area contributed by atoms with Crippen molar-refractivity contribution in [3.05, 3.63) is 76.0 Å². The Morgan fingerprint density at radius 2 is 2.13 bits per heavy atom. The van der Waals surface area contributed by atoms with Crippen LogP contribution < -0.4 is 14.8 Å². The number of aryl methyl sites for hydroxylation is 1. The van der Waals surface area contributed by atoms with Gasteiger partial charge in [-0.2, -0.15) is 0 Å². The highest BCUT2D eigenvalue weighted by molar-refractivity contribution is 9.10. The number of methoxy groups -OCH3 is 1. The van der Waals surface area contributed by atoms with Gasteiger partial charge < -0.3 is 19.4 Å². The topological polar surface area (TPSA) is 65.4 Å². The van der Waals surface area contributed by atoms with Crippen LogP contribution in [-0.2, 0) is 7.05 Å². The lowest BCUT2D eigenvalue weighted by Crippen LogP contribution is -2.31. The molecule has 0 aliphatic rings. The van der Waals surface area contributed by atoms with Gasteiger partial charge in [0.05, 0.1) is 18.2 Å². The van der Waals surface area contributed by atoms with Gasteiger partial charge in [0.2, 0.25) is 0 Å². The summed E-state index contributed by atoms with van der Waals surface area (Å²) in [5, 5.41) is 2.96. The molecule has 0 aliphatic carbocycles. The Kier molecular flexibility index (Phi) is 7.10. The molecule has 8 heteroatoms. The fourth-order valence-corrected chi connectivity index (χ4v) is 3.60. The van der Waals surface area contributed by atoms with Crippen molar-refractivity contribution in [2.24, 2.45) is 7.05 Å². The van der Waals surface area contributed by atoms with E-state index in [9.17, 15) is 9.18 Å². The van der Waals surface area contributed by atoms with Gasteiger partial charge >= 0.3 is 0 Å². The molecule has 3 rings (SSSR count). The minimum atomic E-state index is -0.631. The van der Waals surface area contributed by atoms with E-state index in [1.807, 2.05) is 14.0 Å². The zero-order chi connectivity index (χ0) is 21.7. The van der Waals surface area contributed by atoms with Gasteiger partial charge in [0, 0.05) is 25.0 Å². The maximum atomic E-state index is 13.9. The summed E-state index contributed by atoms with van der Waals surface area (Å²) < 4.78 is 27.4. The number of hydrogen-bond donors (Lipinski definition) is 1. The molecule has 1 N–H and O–H groups in total. The van der Waals surface area contributed by atoms with E-state index in [4.69, 9.17) is 9.47 Å². The normalized spacial score (nSPS) is 11.8. The Morgan fingerprint density at radius 3 is 2.77 bits per heavy atom. The fourth-order valence-electron chi connectivity index (χ4n) is 3.05. The molecule has 3 aromatic rings. The number of imidazole rings is 1. The van der Waals surface area contributed by atoms with Gasteiger partial charge in [0.15, 0.2) is 11.5 Å². The third-order valence-corrected chi connectivity index (χ3v) is 5.11. The quantitative estimate of drug-likeness (QED) is 0.515. The van der Waals surface area contributed by atoms with Crippen LogP contribution >= 0.6 is 15.9 Å². The first-order valence-corrected chi connectivity index (χ1v) is 10.3. The standard InChI is InChI=1S/C22H23BrFN3O3/c1-4-10-30-20-17(23)12-15(13-18(20)29-3)22(28)26-19(21-25-8-9-27(21)2)14-6-5-7-16(24)11-14/h5-9,11-13,19H,4,10H2,1-3H3,(H,26,28). The smallest absolute Gasteiger partial charge is 0.252 e. The van der Waals surface area contributed by atoms with Crippen LogP contribution in [0.4, 0.5) is 4.39 Å². The average molecular weight is 476 g/mol. The zero-order valence-electron chi connectivity index (χ0n) is 17.0. The van der Waals surface area contributed by atoms with E-state index >= 15 is 0 Å². The van der Waals surface area contributed by atoms with Crippen molar-refractivity contribution in [1.29, 1.82) is 0 Å². The Morgan fingerprint density at radius 1 is 1.33 bits per heavy atom. The summed E-state index contributed by atoms with van der Waals surface area (Å²) in [6.45, 7) is 2.54. The van der Waals surface area contributed by atoms with Crippen LogP contribution in [0.15, 0.2) is 53.3 Å². The van der Waals surface area contributed by atoms with Crippen LogP contribution in [0.1, 0.15) is 41.1 Å². The number of ether oxygens (including phenoxy) is 2. The number of benzene rings is 2. The van der Waals surface area contributed by atoms with E-state index in [2.05, 4.69) is 26.2 Å². The molecular weight excluding hydrogens is 453 g/mol. The number of halogens is 2. The molecule has 6 nitrogen and oxygen atoms in total. The lowest BCUT2D eigenvalue weighted by Gasteiger charge is -2.20. The summed E-state index contributed by atoms with van der Waals surface area (Å²) in [7, 11) is 3.34. The Labute approximate surface area is 183 Å². The molecule has 1 unspecified atom stereocenters. The van der Waals surface area contributed by atoms with Crippen LogP contribution in [0.3, 0.4) is 0 Å². The Hall–Kier alpha value is -2.87. The molecule has 0 saturated carbocycles. The minimum absolute atomic E-state index is 0.353. The van der Waals surface area contributed by atoms with Gasteiger partial charge in [-0.05, 0) is 52.2 Å². The van der Waals surface area contributed by atoms with E-state index in [1.165, 1.54) is 19.2 Å². The second kappa shape index (κ2) is 9.75. The van der Waals surface area contributed by atoms with Crippen molar-refractivity contribution in [3.8, 4) is 11.5 Å². The number of carbonyl (C=O) groups excluding carboxylic acids is 1. The minimum Gasteiger partial charge on any atom is -0.493 e. The summed E-state index contributed by atoms with van der Waals surface area (Å²) >= 11 is 3.46. The summed E-state index contributed by atoms with van der Waals surface area (Å²) in [6, 6.07) is 8.76. The predicted octanol–water partition coefficient (Wildman–Crippen LogP) is 4.64. The number of rotatable bonds is 8. The van der Waals surface area contributed by atoms with Gasteiger partial charge in [-0.3, -0.25) is 4.79 Å². The number of hydrogen-bond acceptors (Lipinski definition) is 4. The second-order valence-electron chi connectivity index (χ2n) is 6.70. The molecule has 1 aromatic heterocycles. The molecule has 1 heterocycles. The average Bonchev–Trinajstić information content (AvgIpc) is 3.15. The van der Waals surface area contributed by atoms with E-state index in [0.717, 1.165) is 6.42 Å². The molecule has 0 spiro atoms. The maximum Gasteiger partial charge on any atom is 0.252 e. The monoisotopic (exact) mass is 475 g/mol. The number of nitrogens with zero attached hydrogens (tertiary/aromatic N) is 2. The molecule has 0 bridgehead atoms. The first-order chi connectivity index (χ1) is 14.4. The highest BCUT2D eigenvalue weighted by Gasteiger charge is 2.23. The molecule has 0 radical (unpaired) electrons. The van der Waals surface area contributed by atoms with Crippen LogP contribution in [0.5, 0.6) is 11.5 Å². The molecule has 0 saturated heterocycles. The number of aromatic nitrogens is 2. The Bertz CT molecular complexity index is 1040. The summed E-state index contributed by atoms with van der Waals surface area (Å²) in [5.74, 6) is 0.836. The molecule has 0 fully saturated rings. The van der Waals surface area contributed by atoms with Crippen molar-refractivity contribution in [1.82, 2.24) is 14.9 Å². The summed E-state index contributed by atoms with van der Waals surface area (Å²) in [5.41, 5.74) is 0.963. The van der Waals surface area contributed by atoms with Crippen molar-refractivity contribution in [2.75, 3.05) is 13.7 Å². The number of amides is 1. The molecular formula is C22H23BrFN3O3. The van der Waals surface area contributed by atoms with Gasteiger partial charge in [-0.15, -0.1) is 0 Å². The van der Waals surface area contributed by atoms with E-state index < -0.39 is 6.04 Å². The van der Waals surface area contributed by atoms with E-state index in [1.54, 1.807) is 41.2 Å². The summed E-state index contributed by atoms with van der Waals surface area (Å²) in [4.78, 5) is 17.4. The highest BCUT2D eigenvalue weighted by atomic mass is 79.9. The van der Waals surface area contributed by atoms with Crippen LogP contribution in [0.2, 0.25) is 0 Å².